The predicted molar refractivity (Wildman–Crippen MR) is 75.3 cm³/mol. The number of fused-ring (bicyclic) bond motifs is 3. The van der Waals surface area contributed by atoms with Crippen LogP contribution in [0.1, 0.15) is 12.8 Å². The first-order chi connectivity index (χ1) is 9.74. The SMILES string of the molecule is O=C1CCC(=O)N1c1ccc2ccc3nccc3c2[nH]1. The van der Waals surface area contributed by atoms with Gasteiger partial charge >= 0.3 is 0 Å². The Kier molecular flexibility index (Phi) is 2.18. The highest BCUT2D eigenvalue weighted by atomic mass is 16.2. The van der Waals surface area contributed by atoms with Crippen molar-refractivity contribution in [3.63, 3.8) is 0 Å². The highest BCUT2D eigenvalue weighted by Crippen LogP contribution is 2.27. The maximum Gasteiger partial charge on any atom is 0.235 e. The Balaban J connectivity index is 1.97. The monoisotopic (exact) mass is 265 g/mol. The molecule has 20 heavy (non-hydrogen) atoms. The first-order valence-corrected chi connectivity index (χ1v) is 6.46. The van der Waals surface area contributed by atoms with Crippen LogP contribution in [-0.2, 0) is 9.59 Å². The molecule has 0 saturated carbocycles. The molecule has 0 spiro atoms. The number of H-pyrrole nitrogens is 1. The molecule has 2 aromatic heterocycles. The number of aromatic nitrogens is 2. The van der Waals surface area contributed by atoms with Crippen LogP contribution in [0.5, 0.6) is 0 Å². The first-order valence-electron chi connectivity index (χ1n) is 6.46. The number of rotatable bonds is 1. The largest absolute Gasteiger partial charge is 0.340 e. The Morgan fingerprint density at radius 3 is 2.55 bits per heavy atom. The molecule has 5 nitrogen and oxygen atoms in total. The molecular weight excluding hydrogens is 254 g/mol. The highest BCUT2D eigenvalue weighted by Gasteiger charge is 2.30. The number of hydrogen-bond donors (Lipinski definition) is 1. The summed E-state index contributed by atoms with van der Waals surface area (Å²) in [6.45, 7) is 0. The average molecular weight is 265 g/mol. The third-order valence-electron chi connectivity index (χ3n) is 3.68. The Labute approximate surface area is 114 Å². The van der Waals surface area contributed by atoms with Crippen molar-refractivity contribution in [2.75, 3.05) is 4.90 Å². The lowest BCUT2D eigenvalue weighted by Crippen LogP contribution is -2.29. The number of aromatic amines is 1. The number of anilines is 1. The van der Waals surface area contributed by atoms with E-state index in [4.69, 9.17) is 0 Å². The van der Waals surface area contributed by atoms with E-state index in [1.54, 1.807) is 12.3 Å². The fourth-order valence-corrected chi connectivity index (χ4v) is 2.69. The van der Waals surface area contributed by atoms with Gasteiger partial charge in [-0.3, -0.25) is 14.6 Å². The molecule has 1 aliphatic rings. The van der Waals surface area contributed by atoms with E-state index < -0.39 is 0 Å². The van der Waals surface area contributed by atoms with Gasteiger partial charge in [0.25, 0.3) is 0 Å². The maximum absolute atomic E-state index is 11.8. The van der Waals surface area contributed by atoms with E-state index in [-0.39, 0.29) is 24.7 Å². The number of benzene rings is 1. The molecule has 1 fully saturated rings. The van der Waals surface area contributed by atoms with E-state index in [1.165, 1.54) is 4.90 Å². The molecule has 4 rings (SSSR count). The molecular formula is C15H11N3O2. The van der Waals surface area contributed by atoms with E-state index in [0.717, 1.165) is 21.8 Å². The quantitative estimate of drug-likeness (QED) is 0.687. The molecule has 0 bridgehead atoms. The molecule has 5 heteroatoms. The Bertz CT molecular complexity index is 850. The number of amides is 2. The third kappa shape index (κ3) is 1.46. The predicted octanol–water partition coefficient (Wildman–Crippen LogP) is 2.37. The van der Waals surface area contributed by atoms with Crippen molar-refractivity contribution >= 4 is 39.4 Å². The third-order valence-corrected chi connectivity index (χ3v) is 3.68. The summed E-state index contributed by atoms with van der Waals surface area (Å²) in [6, 6.07) is 9.53. The normalized spacial score (nSPS) is 15.7. The lowest BCUT2D eigenvalue weighted by Gasteiger charge is -2.14. The first kappa shape index (κ1) is 11.2. The number of imide groups is 1. The van der Waals surface area contributed by atoms with Gasteiger partial charge < -0.3 is 4.98 Å². The molecule has 1 saturated heterocycles. The van der Waals surface area contributed by atoms with Crippen LogP contribution in [0.4, 0.5) is 5.82 Å². The van der Waals surface area contributed by atoms with Crippen LogP contribution in [0.2, 0.25) is 0 Å². The molecule has 1 N–H and O–H groups in total. The van der Waals surface area contributed by atoms with E-state index in [1.807, 2.05) is 24.3 Å². The summed E-state index contributed by atoms with van der Waals surface area (Å²) in [6.07, 6.45) is 2.32. The lowest BCUT2D eigenvalue weighted by atomic mass is 10.1. The van der Waals surface area contributed by atoms with Crippen LogP contribution in [0.15, 0.2) is 36.5 Å². The van der Waals surface area contributed by atoms with E-state index in [9.17, 15) is 9.59 Å². The number of nitrogens with zero attached hydrogens (tertiary/aromatic N) is 2. The Morgan fingerprint density at radius 2 is 1.75 bits per heavy atom. The molecule has 0 unspecified atom stereocenters. The maximum atomic E-state index is 11.8. The van der Waals surface area contributed by atoms with E-state index in [2.05, 4.69) is 9.97 Å². The standard InChI is InChI=1S/C15H11N3O2/c19-13-5-6-14(20)18(13)12-4-2-9-1-3-11-10(7-8-16-11)15(9)17-12/h1-4,7-8,17H,5-6H2. The van der Waals surface area contributed by atoms with Gasteiger partial charge in [-0.2, -0.15) is 0 Å². The minimum atomic E-state index is -0.154. The van der Waals surface area contributed by atoms with Gasteiger partial charge in [0, 0.05) is 24.4 Å². The van der Waals surface area contributed by atoms with Crippen LogP contribution < -0.4 is 4.90 Å². The summed E-state index contributed by atoms with van der Waals surface area (Å²) in [5, 5.41) is 2.01. The molecule has 3 aromatic rings. The van der Waals surface area contributed by atoms with Crippen molar-refractivity contribution in [2.45, 2.75) is 12.8 Å². The average Bonchev–Trinajstić information content (AvgIpc) is 3.05. The van der Waals surface area contributed by atoms with Crippen LogP contribution in [0.25, 0.3) is 21.8 Å². The number of nitrogens with one attached hydrogen (secondary N) is 1. The molecule has 1 aromatic carbocycles. The summed E-state index contributed by atoms with van der Waals surface area (Å²) in [7, 11) is 0. The molecule has 2 amide bonds. The lowest BCUT2D eigenvalue weighted by molar-refractivity contribution is -0.121. The van der Waals surface area contributed by atoms with Crippen LogP contribution >= 0.6 is 0 Å². The molecule has 0 atom stereocenters. The summed E-state index contributed by atoms with van der Waals surface area (Å²) in [5.74, 6) is 0.218. The number of pyridine rings is 1. The second kappa shape index (κ2) is 3.90. The highest BCUT2D eigenvalue weighted by molar-refractivity contribution is 6.19. The van der Waals surface area contributed by atoms with Gasteiger partial charge in [-0.15, -0.1) is 0 Å². The molecule has 0 aliphatic carbocycles. The zero-order valence-corrected chi connectivity index (χ0v) is 10.6. The van der Waals surface area contributed by atoms with Gasteiger partial charge in [0.2, 0.25) is 11.8 Å². The van der Waals surface area contributed by atoms with Gasteiger partial charge in [-0.05, 0) is 29.7 Å². The minimum Gasteiger partial charge on any atom is -0.340 e. The Hall–Kier alpha value is -2.69. The molecule has 3 heterocycles. The zero-order valence-electron chi connectivity index (χ0n) is 10.6. The summed E-state index contributed by atoms with van der Waals surface area (Å²) < 4.78 is 0. The molecule has 1 aliphatic heterocycles. The summed E-state index contributed by atoms with van der Waals surface area (Å²) in [5.41, 5.74) is 1.79. The van der Waals surface area contributed by atoms with Gasteiger partial charge in [-0.25, -0.2) is 4.90 Å². The molecule has 0 radical (unpaired) electrons. The number of hydrogen-bond acceptors (Lipinski definition) is 3. The number of carbonyl (C=O) groups excluding carboxylic acids is 2. The summed E-state index contributed by atoms with van der Waals surface area (Å²) in [4.78, 5) is 32.3. The smallest absolute Gasteiger partial charge is 0.235 e. The number of carbonyl (C=O) groups is 2. The minimum absolute atomic E-state index is 0.154. The summed E-state index contributed by atoms with van der Waals surface area (Å²) >= 11 is 0. The second-order valence-electron chi connectivity index (χ2n) is 4.87. The van der Waals surface area contributed by atoms with Crippen molar-refractivity contribution in [1.82, 2.24) is 9.97 Å². The van der Waals surface area contributed by atoms with Gasteiger partial charge in [-0.1, -0.05) is 6.07 Å². The van der Waals surface area contributed by atoms with E-state index in [0.29, 0.717) is 5.82 Å². The van der Waals surface area contributed by atoms with Crippen molar-refractivity contribution in [3.05, 3.63) is 36.5 Å². The zero-order chi connectivity index (χ0) is 13.7. The van der Waals surface area contributed by atoms with Gasteiger partial charge in [0.05, 0.1) is 11.0 Å². The van der Waals surface area contributed by atoms with Crippen LogP contribution in [-0.4, -0.2) is 21.8 Å². The van der Waals surface area contributed by atoms with Gasteiger partial charge in [0.1, 0.15) is 5.82 Å². The van der Waals surface area contributed by atoms with E-state index >= 15 is 0 Å². The van der Waals surface area contributed by atoms with Crippen molar-refractivity contribution in [2.24, 2.45) is 0 Å². The Morgan fingerprint density at radius 1 is 1.00 bits per heavy atom. The van der Waals surface area contributed by atoms with Gasteiger partial charge in [0.15, 0.2) is 0 Å². The van der Waals surface area contributed by atoms with Crippen molar-refractivity contribution in [3.8, 4) is 0 Å². The molecule has 98 valence electrons. The van der Waals surface area contributed by atoms with Crippen molar-refractivity contribution in [1.29, 1.82) is 0 Å². The van der Waals surface area contributed by atoms with Crippen molar-refractivity contribution < 1.29 is 9.59 Å². The van der Waals surface area contributed by atoms with Crippen LogP contribution in [0.3, 0.4) is 0 Å². The van der Waals surface area contributed by atoms with Crippen LogP contribution in [0, 0.1) is 0 Å². The topological polar surface area (TPSA) is 66.1 Å². The second-order valence-corrected chi connectivity index (χ2v) is 4.87. The fraction of sp³-hybridized carbons (Fsp3) is 0.133. The fourth-order valence-electron chi connectivity index (χ4n) is 2.69.